The number of nitrogens with one attached hydrogen (secondary N) is 1. The van der Waals surface area contributed by atoms with Crippen LogP contribution in [0.4, 0.5) is 0 Å². The van der Waals surface area contributed by atoms with Gasteiger partial charge in [-0.15, -0.1) is 0 Å². The third-order valence-electron chi connectivity index (χ3n) is 6.14. The second kappa shape index (κ2) is 9.99. The first-order valence-corrected chi connectivity index (χ1v) is 11.6. The van der Waals surface area contributed by atoms with Gasteiger partial charge in [-0.2, -0.15) is 0 Å². The van der Waals surface area contributed by atoms with Gasteiger partial charge in [0.25, 0.3) is 5.91 Å². The van der Waals surface area contributed by atoms with Crippen molar-refractivity contribution >= 4 is 28.9 Å². The van der Waals surface area contributed by atoms with Gasteiger partial charge < -0.3 is 9.88 Å². The molecule has 2 aromatic carbocycles. The number of carbonyl (C=O) groups is 2. The molecule has 1 amide bonds. The molecule has 3 heterocycles. The molecule has 0 atom stereocenters. The summed E-state index contributed by atoms with van der Waals surface area (Å²) in [5.41, 5.74) is 4.46. The Bertz CT molecular complexity index is 1350. The number of Topliss-reactive ketones (excluding diaryl/α,β-unsaturated/α-hetero) is 1. The Labute approximate surface area is 203 Å². The van der Waals surface area contributed by atoms with Gasteiger partial charge in [-0.05, 0) is 29.8 Å². The molecule has 1 fully saturated rings. The first-order valence-electron chi connectivity index (χ1n) is 11.6. The number of para-hydroxylation sites is 2. The van der Waals surface area contributed by atoms with E-state index in [0.29, 0.717) is 55.5 Å². The monoisotopic (exact) mass is 466 g/mol. The highest BCUT2D eigenvalue weighted by Crippen LogP contribution is 2.19. The van der Waals surface area contributed by atoms with Gasteiger partial charge in [0.05, 0.1) is 17.6 Å². The number of hydrogen-bond donors (Lipinski definition) is 1. The van der Waals surface area contributed by atoms with E-state index < -0.39 is 0 Å². The number of aromatic nitrogens is 3. The molecule has 4 aromatic rings. The number of hydrogen-bond acceptors (Lipinski definition) is 6. The van der Waals surface area contributed by atoms with Crippen LogP contribution < -0.4 is 0 Å². The molecule has 0 saturated carbocycles. The van der Waals surface area contributed by atoms with E-state index in [1.807, 2.05) is 60.7 Å². The zero-order valence-corrected chi connectivity index (χ0v) is 19.5. The van der Waals surface area contributed by atoms with Crippen LogP contribution in [0.5, 0.6) is 0 Å². The molecular weight excluding hydrogens is 440 g/mol. The van der Waals surface area contributed by atoms with Gasteiger partial charge in [0, 0.05) is 45.0 Å². The van der Waals surface area contributed by atoms with E-state index in [0.717, 1.165) is 16.6 Å². The van der Waals surface area contributed by atoms with E-state index in [2.05, 4.69) is 24.8 Å². The van der Waals surface area contributed by atoms with Crippen LogP contribution in [0.25, 0.3) is 22.6 Å². The lowest BCUT2D eigenvalue weighted by molar-refractivity contribution is 0.0619. The number of imidazole rings is 1. The lowest BCUT2D eigenvalue weighted by Gasteiger charge is -2.34. The standard InChI is InChI=1S/C27H26N6O2/c1-28-17-19-9-11-20(12-10-19)25(34)18-32-13-15-33(16-14-32)27(35)24-8-4-7-23(29-24)26-30-21-5-2-3-6-22(21)31-26/h2-12,17H,13-16,18H2,1H3,(H,30,31)/b28-17+. The van der Waals surface area contributed by atoms with Gasteiger partial charge in [0.15, 0.2) is 11.6 Å². The average molecular weight is 467 g/mol. The number of amides is 1. The van der Waals surface area contributed by atoms with Crippen LogP contribution in [-0.4, -0.2) is 82.4 Å². The molecular formula is C27H26N6O2. The molecule has 1 saturated heterocycles. The molecule has 8 nitrogen and oxygen atoms in total. The van der Waals surface area contributed by atoms with Crippen molar-refractivity contribution in [1.82, 2.24) is 24.8 Å². The van der Waals surface area contributed by atoms with Crippen molar-refractivity contribution in [3.8, 4) is 11.5 Å². The van der Waals surface area contributed by atoms with Crippen molar-refractivity contribution in [2.75, 3.05) is 39.8 Å². The third-order valence-corrected chi connectivity index (χ3v) is 6.14. The highest BCUT2D eigenvalue weighted by atomic mass is 16.2. The van der Waals surface area contributed by atoms with E-state index in [9.17, 15) is 9.59 Å². The minimum Gasteiger partial charge on any atom is -0.337 e. The van der Waals surface area contributed by atoms with Gasteiger partial charge >= 0.3 is 0 Å². The number of nitrogens with zero attached hydrogens (tertiary/aromatic N) is 5. The predicted molar refractivity (Wildman–Crippen MR) is 136 cm³/mol. The summed E-state index contributed by atoms with van der Waals surface area (Å²) in [7, 11) is 1.72. The molecule has 0 bridgehead atoms. The number of rotatable bonds is 6. The maximum Gasteiger partial charge on any atom is 0.272 e. The van der Waals surface area contributed by atoms with Gasteiger partial charge in [0.2, 0.25) is 0 Å². The van der Waals surface area contributed by atoms with E-state index in [4.69, 9.17) is 0 Å². The highest BCUT2D eigenvalue weighted by molar-refractivity contribution is 5.98. The summed E-state index contributed by atoms with van der Waals surface area (Å²) in [6.45, 7) is 2.72. The second-order valence-corrected chi connectivity index (χ2v) is 8.51. The van der Waals surface area contributed by atoms with Crippen molar-refractivity contribution in [3.05, 3.63) is 83.6 Å². The van der Waals surface area contributed by atoms with Gasteiger partial charge in [-0.25, -0.2) is 9.97 Å². The summed E-state index contributed by atoms with van der Waals surface area (Å²) in [5, 5.41) is 0. The average Bonchev–Trinajstić information content (AvgIpc) is 3.34. The molecule has 0 spiro atoms. The summed E-state index contributed by atoms with van der Waals surface area (Å²) in [6, 6.07) is 20.6. The Morgan fingerprint density at radius 1 is 0.943 bits per heavy atom. The maximum absolute atomic E-state index is 13.1. The first-order chi connectivity index (χ1) is 17.1. The molecule has 2 aromatic heterocycles. The topological polar surface area (TPSA) is 94.5 Å². The van der Waals surface area contributed by atoms with Crippen LogP contribution >= 0.6 is 0 Å². The molecule has 1 aliphatic rings. The van der Waals surface area contributed by atoms with Crippen LogP contribution in [0.15, 0.2) is 71.7 Å². The highest BCUT2D eigenvalue weighted by Gasteiger charge is 2.24. The van der Waals surface area contributed by atoms with Crippen molar-refractivity contribution in [1.29, 1.82) is 0 Å². The molecule has 8 heteroatoms. The summed E-state index contributed by atoms with van der Waals surface area (Å²) in [5.74, 6) is 0.603. The Balaban J connectivity index is 1.20. The van der Waals surface area contributed by atoms with E-state index in [-0.39, 0.29) is 11.7 Å². The predicted octanol–water partition coefficient (Wildman–Crippen LogP) is 3.31. The van der Waals surface area contributed by atoms with Gasteiger partial charge in [-0.1, -0.05) is 42.5 Å². The molecule has 35 heavy (non-hydrogen) atoms. The lowest BCUT2D eigenvalue weighted by atomic mass is 10.1. The molecule has 0 aliphatic carbocycles. The van der Waals surface area contributed by atoms with Crippen LogP contribution in [0.2, 0.25) is 0 Å². The number of benzene rings is 2. The second-order valence-electron chi connectivity index (χ2n) is 8.51. The van der Waals surface area contributed by atoms with Gasteiger partial charge in [0.1, 0.15) is 11.4 Å². The quantitative estimate of drug-likeness (QED) is 0.348. The summed E-state index contributed by atoms with van der Waals surface area (Å²) >= 11 is 0. The van der Waals surface area contributed by atoms with Crippen LogP contribution in [0.1, 0.15) is 26.4 Å². The molecule has 176 valence electrons. The van der Waals surface area contributed by atoms with Crippen LogP contribution in [0.3, 0.4) is 0 Å². The molecule has 1 N–H and O–H groups in total. The van der Waals surface area contributed by atoms with Crippen molar-refractivity contribution in [3.63, 3.8) is 0 Å². The summed E-state index contributed by atoms with van der Waals surface area (Å²) in [4.78, 5) is 46.1. The largest absolute Gasteiger partial charge is 0.337 e. The zero-order chi connectivity index (χ0) is 24.2. The van der Waals surface area contributed by atoms with Crippen molar-refractivity contribution in [2.24, 2.45) is 4.99 Å². The number of pyridine rings is 1. The number of H-pyrrole nitrogens is 1. The number of fused-ring (bicyclic) bond motifs is 1. The fraction of sp³-hybridized carbons (Fsp3) is 0.222. The number of ketones is 1. The molecule has 1 aliphatic heterocycles. The Morgan fingerprint density at radius 3 is 2.46 bits per heavy atom. The smallest absolute Gasteiger partial charge is 0.272 e. The number of carbonyl (C=O) groups excluding carboxylic acids is 2. The zero-order valence-electron chi connectivity index (χ0n) is 19.5. The van der Waals surface area contributed by atoms with E-state index in [1.54, 1.807) is 24.2 Å². The first kappa shape index (κ1) is 22.6. The minimum absolute atomic E-state index is 0.0740. The summed E-state index contributed by atoms with van der Waals surface area (Å²) < 4.78 is 0. The Kier molecular flexibility index (Phi) is 6.45. The van der Waals surface area contributed by atoms with E-state index in [1.165, 1.54) is 0 Å². The number of piperazine rings is 1. The van der Waals surface area contributed by atoms with Crippen molar-refractivity contribution < 1.29 is 9.59 Å². The fourth-order valence-electron chi connectivity index (χ4n) is 4.23. The molecule has 5 rings (SSSR count). The minimum atomic E-state index is -0.109. The number of aliphatic imine (C=N–C) groups is 1. The summed E-state index contributed by atoms with van der Waals surface area (Å²) in [6.07, 6.45) is 1.76. The fourth-order valence-corrected chi connectivity index (χ4v) is 4.23. The van der Waals surface area contributed by atoms with Gasteiger partial charge in [-0.3, -0.25) is 19.5 Å². The molecule has 0 radical (unpaired) electrons. The Morgan fingerprint density at radius 2 is 1.71 bits per heavy atom. The third kappa shape index (κ3) is 5.02. The lowest BCUT2D eigenvalue weighted by Crippen LogP contribution is -2.50. The molecule has 0 unspecified atom stereocenters. The van der Waals surface area contributed by atoms with Crippen molar-refractivity contribution in [2.45, 2.75) is 0 Å². The maximum atomic E-state index is 13.1. The Hall–Kier alpha value is -4.17. The number of aromatic amines is 1. The van der Waals surface area contributed by atoms with Crippen LogP contribution in [0, 0.1) is 0 Å². The van der Waals surface area contributed by atoms with Crippen LogP contribution in [-0.2, 0) is 0 Å². The van der Waals surface area contributed by atoms with E-state index >= 15 is 0 Å². The normalized spacial score (nSPS) is 14.6. The SMILES string of the molecule is C/N=C/c1ccc(C(=O)CN2CCN(C(=O)c3cccc(-c4nc5ccccc5[nH]4)n3)CC2)cc1.